The third-order valence-electron chi connectivity index (χ3n) is 5.87. The van der Waals surface area contributed by atoms with Gasteiger partial charge in [0.1, 0.15) is 5.75 Å². The first-order valence-corrected chi connectivity index (χ1v) is 11.1. The molecule has 1 aliphatic rings. The molecule has 0 spiro atoms. The Labute approximate surface area is 184 Å². The molecule has 0 saturated carbocycles. The summed E-state index contributed by atoms with van der Waals surface area (Å²) in [4.78, 5) is 17.1. The number of amides is 1. The molecule has 0 bridgehead atoms. The van der Waals surface area contributed by atoms with Gasteiger partial charge in [-0.1, -0.05) is 54.6 Å². The Morgan fingerprint density at radius 2 is 1.68 bits per heavy atom. The standard InChI is InChI=1S/C26H31N3O2/c1-28-15-17-29(18-16-28)24-12-5-3-9-22(24)20-27-26(30)14-7-19-31-25-13-6-10-21-8-2-4-11-23(21)25/h2-6,8-13H,7,14-20H2,1H3,(H,27,30). The molecule has 1 fully saturated rings. The van der Waals surface area contributed by atoms with E-state index in [2.05, 4.69) is 58.6 Å². The molecule has 0 unspecified atom stereocenters. The summed E-state index contributed by atoms with van der Waals surface area (Å²) in [6, 6.07) is 22.6. The van der Waals surface area contributed by atoms with Gasteiger partial charge in [-0.3, -0.25) is 4.79 Å². The van der Waals surface area contributed by atoms with Gasteiger partial charge in [-0.25, -0.2) is 0 Å². The molecule has 1 heterocycles. The van der Waals surface area contributed by atoms with Gasteiger partial charge in [0.25, 0.3) is 0 Å². The Morgan fingerprint density at radius 1 is 0.935 bits per heavy atom. The fourth-order valence-electron chi connectivity index (χ4n) is 4.03. The molecule has 162 valence electrons. The first kappa shape index (κ1) is 21.2. The van der Waals surface area contributed by atoms with Crippen molar-refractivity contribution < 1.29 is 9.53 Å². The van der Waals surface area contributed by atoms with E-state index in [1.54, 1.807) is 0 Å². The van der Waals surface area contributed by atoms with Crippen LogP contribution in [0.5, 0.6) is 5.75 Å². The molecule has 0 aromatic heterocycles. The zero-order valence-corrected chi connectivity index (χ0v) is 18.2. The van der Waals surface area contributed by atoms with Gasteiger partial charge in [0.05, 0.1) is 6.61 Å². The van der Waals surface area contributed by atoms with E-state index in [1.807, 2.05) is 30.3 Å². The molecule has 3 aromatic rings. The summed E-state index contributed by atoms with van der Waals surface area (Å²) >= 11 is 0. The number of hydrogen-bond donors (Lipinski definition) is 1. The fourth-order valence-corrected chi connectivity index (χ4v) is 4.03. The number of piperazine rings is 1. The number of hydrogen-bond acceptors (Lipinski definition) is 4. The number of fused-ring (bicyclic) bond motifs is 1. The van der Waals surface area contributed by atoms with Gasteiger partial charge < -0.3 is 19.9 Å². The van der Waals surface area contributed by atoms with Gasteiger partial charge in [0.2, 0.25) is 5.91 Å². The third-order valence-corrected chi connectivity index (χ3v) is 5.87. The summed E-state index contributed by atoms with van der Waals surface area (Å²) in [5, 5.41) is 5.35. The SMILES string of the molecule is CN1CCN(c2ccccc2CNC(=O)CCCOc2cccc3ccccc23)CC1. The minimum atomic E-state index is 0.0645. The lowest BCUT2D eigenvalue weighted by molar-refractivity contribution is -0.121. The molecule has 1 saturated heterocycles. The lowest BCUT2D eigenvalue weighted by Crippen LogP contribution is -2.45. The minimum Gasteiger partial charge on any atom is -0.493 e. The third kappa shape index (κ3) is 5.56. The van der Waals surface area contributed by atoms with Crippen molar-refractivity contribution in [1.82, 2.24) is 10.2 Å². The zero-order valence-electron chi connectivity index (χ0n) is 18.2. The first-order chi connectivity index (χ1) is 15.2. The molecule has 0 atom stereocenters. The van der Waals surface area contributed by atoms with Crippen LogP contribution in [0.3, 0.4) is 0 Å². The molecule has 1 aliphatic heterocycles. The maximum atomic E-state index is 12.4. The van der Waals surface area contributed by atoms with Crippen molar-refractivity contribution in [3.63, 3.8) is 0 Å². The van der Waals surface area contributed by atoms with Crippen LogP contribution in [0.15, 0.2) is 66.7 Å². The van der Waals surface area contributed by atoms with E-state index in [1.165, 1.54) is 11.3 Å². The lowest BCUT2D eigenvalue weighted by Gasteiger charge is -2.35. The molecule has 1 amide bonds. The summed E-state index contributed by atoms with van der Waals surface area (Å²) in [5.74, 6) is 0.939. The zero-order chi connectivity index (χ0) is 21.5. The van der Waals surface area contributed by atoms with E-state index >= 15 is 0 Å². The van der Waals surface area contributed by atoms with Crippen molar-refractivity contribution >= 4 is 22.4 Å². The number of carbonyl (C=O) groups excluding carboxylic acids is 1. The van der Waals surface area contributed by atoms with Crippen molar-refractivity contribution in [3.8, 4) is 5.75 Å². The average Bonchev–Trinajstić information content (AvgIpc) is 2.81. The Hall–Kier alpha value is -3.05. The number of nitrogens with zero attached hydrogens (tertiary/aromatic N) is 2. The van der Waals surface area contributed by atoms with E-state index in [0.717, 1.165) is 42.7 Å². The largest absolute Gasteiger partial charge is 0.493 e. The summed E-state index contributed by atoms with van der Waals surface area (Å²) in [6.07, 6.45) is 1.15. The van der Waals surface area contributed by atoms with Gasteiger partial charge in [-0.2, -0.15) is 0 Å². The van der Waals surface area contributed by atoms with Crippen molar-refractivity contribution in [2.45, 2.75) is 19.4 Å². The number of para-hydroxylation sites is 1. The summed E-state index contributed by atoms with van der Waals surface area (Å²) in [7, 11) is 2.16. The number of likely N-dealkylation sites (N-methyl/N-ethyl adjacent to an activating group) is 1. The van der Waals surface area contributed by atoms with Gasteiger partial charge in [0.15, 0.2) is 0 Å². The molecular weight excluding hydrogens is 386 g/mol. The smallest absolute Gasteiger partial charge is 0.220 e. The number of ether oxygens (including phenoxy) is 1. The fraction of sp³-hybridized carbons (Fsp3) is 0.346. The van der Waals surface area contributed by atoms with E-state index in [-0.39, 0.29) is 5.91 Å². The van der Waals surface area contributed by atoms with Crippen molar-refractivity contribution in [2.24, 2.45) is 0 Å². The van der Waals surface area contributed by atoms with Crippen molar-refractivity contribution in [1.29, 1.82) is 0 Å². The second-order valence-electron chi connectivity index (χ2n) is 8.13. The molecular formula is C26H31N3O2. The van der Waals surface area contributed by atoms with Crippen molar-refractivity contribution in [2.75, 3.05) is 44.7 Å². The maximum absolute atomic E-state index is 12.4. The normalized spacial score (nSPS) is 14.5. The Morgan fingerprint density at radius 3 is 2.55 bits per heavy atom. The van der Waals surface area contributed by atoms with Crippen LogP contribution in [0.2, 0.25) is 0 Å². The Bertz CT molecular complexity index is 1010. The van der Waals surface area contributed by atoms with Crippen LogP contribution in [0.1, 0.15) is 18.4 Å². The molecule has 5 heteroatoms. The summed E-state index contributed by atoms with van der Waals surface area (Å²) < 4.78 is 5.95. The van der Waals surface area contributed by atoms with E-state index in [0.29, 0.717) is 26.0 Å². The van der Waals surface area contributed by atoms with Crippen LogP contribution in [-0.2, 0) is 11.3 Å². The molecule has 3 aromatic carbocycles. The van der Waals surface area contributed by atoms with Crippen LogP contribution in [0.25, 0.3) is 10.8 Å². The summed E-state index contributed by atoms with van der Waals surface area (Å²) in [5.41, 5.74) is 2.41. The minimum absolute atomic E-state index is 0.0645. The van der Waals surface area contributed by atoms with Gasteiger partial charge in [-0.15, -0.1) is 0 Å². The van der Waals surface area contributed by atoms with Gasteiger partial charge >= 0.3 is 0 Å². The number of carbonyl (C=O) groups is 1. The highest BCUT2D eigenvalue weighted by molar-refractivity contribution is 5.88. The molecule has 4 rings (SSSR count). The number of rotatable bonds is 8. The monoisotopic (exact) mass is 417 g/mol. The highest BCUT2D eigenvalue weighted by Gasteiger charge is 2.16. The average molecular weight is 418 g/mol. The summed E-state index contributed by atoms with van der Waals surface area (Å²) in [6.45, 7) is 5.26. The second kappa shape index (κ2) is 10.3. The van der Waals surface area contributed by atoms with E-state index in [4.69, 9.17) is 4.74 Å². The molecule has 31 heavy (non-hydrogen) atoms. The number of nitrogens with one attached hydrogen (secondary N) is 1. The van der Waals surface area contributed by atoms with Gasteiger partial charge in [-0.05, 0) is 36.6 Å². The second-order valence-corrected chi connectivity index (χ2v) is 8.13. The number of benzene rings is 3. The van der Waals surface area contributed by atoms with Crippen LogP contribution < -0.4 is 15.0 Å². The van der Waals surface area contributed by atoms with E-state index in [9.17, 15) is 4.79 Å². The Balaban J connectivity index is 1.24. The predicted molar refractivity (Wildman–Crippen MR) is 127 cm³/mol. The van der Waals surface area contributed by atoms with Crippen molar-refractivity contribution in [3.05, 3.63) is 72.3 Å². The molecule has 0 radical (unpaired) electrons. The first-order valence-electron chi connectivity index (χ1n) is 11.1. The van der Waals surface area contributed by atoms with Crippen LogP contribution in [-0.4, -0.2) is 50.6 Å². The lowest BCUT2D eigenvalue weighted by atomic mass is 10.1. The molecule has 1 N–H and O–H groups in total. The molecule has 5 nitrogen and oxygen atoms in total. The quantitative estimate of drug-likeness (QED) is 0.561. The van der Waals surface area contributed by atoms with Crippen LogP contribution in [0.4, 0.5) is 5.69 Å². The number of anilines is 1. The maximum Gasteiger partial charge on any atom is 0.220 e. The predicted octanol–water partition coefficient (Wildman–Crippen LogP) is 4.07. The highest BCUT2D eigenvalue weighted by atomic mass is 16.5. The van der Waals surface area contributed by atoms with E-state index < -0.39 is 0 Å². The van der Waals surface area contributed by atoms with Gasteiger partial charge in [0, 0.05) is 50.2 Å². The van der Waals surface area contributed by atoms with Crippen LogP contribution in [0, 0.1) is 0 Å². The van der Waals surface area contributed by atoms with Crippen LogP contribution >= 0.6 is 0 Å². The Kier molecular flexibility index (Phi) is 7.05. The highest BCUT2D eigenvalue weighted by Crippen LogP contribution is 2.25. The topological polar surface area (TPSA) is 44.8 Å². The molecule has 0 aliphatic carbocycles.